The fourth-order valence-corrected chi connectivity index (χ4v) is 3.29. The molecule has 22 heavy (non-hydrogen) atoms. The van der Waals surface area contributed by atoms with E-state index in [9.17, 15) is 13.2 Å². The van der Waals surface area contributed by atoms with Crippen LogP contribution in [0.5, 0.6) is 0 Å². The van der Waals surface area contributed by atoms with Gasteiger partial charge in [0.1, 0.15) is 9.84 Å². The molecule has 0 spiro atoms. The van der Waals surface area contributed by atoms with Crippen molar-refractivity contribution in [1.29, 1.82) is 0 Å². The van der Waals surface area contributed by atoms with E-state index in [-0.39, 0.29) is 11.7 Å². The Balaban J connectivity index is 1.81. The number of hydrogen-bond donors (Lipinski definition) is 1. The minimum absolute atomic E-state index is 0.0164. The topological polar surface area (TPSA) is 63.2 Å². The van der Waals surface area contributed by atoms with E-state index >= 15 is 0 Å². The zero-order valence-electron chi connectivity index (χ0n) is 12.4. The SMILES string of the molecule is CS(=O)(=O)CCc1ccc(NC(=O)CCc2cccs2)cc1. The number of rotatable bonds is 7. The van der Waals surface area contributed by atoms with Crippen LogP contribution in [0.3, 0.4) is 0 Å². The number of benzene rings is 1. The van der Waals surface area contributed by atoms with E-state index < -0.39 is 9.84 Å². The van der Waals surface area contributed by atoms with Crippen molar-refractivity contribution >= 4 is 32.8 Å². The highest BCUT2D eigenvalue weighted by molar-refractivity contribution is 7.90. The van der Waals surface area contributed by atoms with Crippen molar-refractivity contribution in [3.8, 4) is 0 Å². The molecule has 0 aliphatic heterocycles. The number of aryl methyl sites for hydroxylation is 2. The molecule has 0 fully saturated rings. The number of anilines is 1. The molecule has 1 aromatic heterocycles. The second kappa shape index (κ2) is 7.56. The molecule has 1 heterocycles. The predicted octanol–water partition coefficient (Wildman–Crippen LogP) is 2.91. The first-order valence-corrected chi connectivity index (χ1v) is 9.95. The Morgan fingerprint density at radius 3 is 2.45 bits per heavy atom. The Morgan fingerprint density at radius 1 is 1.14 bits per heavy atom. The van der Waals surface area contributed by atoms with Gasteiger partial charge in [-0.25, -0.2) is 8.42 Å². The summed E-state index contributed by atoms with van der Waals surface area (Å²) >= 11 is 1.65. The highest BCUT2D eigenvalue weighted by Crippen LogP contribution is 2.13. The van der Waals surface area contributed by atoms with Gasteiger partial charge < -0.3 is 5.32 Å². The van der Waals surface area contributed by atoms with E-state index in [2.05, 4.69) is 5.32 Å². The number of hydrogen-bond acceptors (Lipinski definition) is 4. The number of thiophene rings is 1. The van der Waals surface area contributed by atoms with Crippen molar-refractivity contribution < 1.29 is 13.2 Å². The van der Waals surface area contributed by atoms with Crippen LogP contribution >= 0.6 is 11.3 Å². The molecule has 0 aliphatic rings. The largest absolute Gasteiger partial charge is 0.326 e. The standard InChI is InChI=1S/C16H19NO3S2/c1-22(19,20)12-10-13-4-6-14(7-5-13)17-16(18)9-8-15-3-2-11-21-15/h2-7,11H,8-10,12H2,1H3,(H,17,18). The van der Waals surface area contributed by atoms with Crippen LogP contribution in [0.25, 0.3) is 0 Å². The number of carbonyl (C=O) groups is 1. The van der Waals surface area contributed by atoms with E-state index in [1.807, 2.05) is 29.6 Å². The minimum Gasteiger partial charge on any atom is -0.326 e. The average molecular weight is 337 g/mol. The summed E-state index contributed by atoms with van der Waals surface area (Å²) in [6.45, 7) is 0. The van der Waals surface area contributed by atoms with Crippen LogP contribution in [-0.2, 0) is 27.5 Å². The molecule has 118 valence electrons. The number of amides is 1. The first-order valence-electron chi connectivity index (χ1n) is 7.01. The summed E-state index contributed by atoms with van der Waals surface area (Å²) in [6, 6.07) is 11.3. The summed E-state index contributed by atoms with van der Waals surface area (Å²) in [5.41, 5.74) is 1.68. The van der Waals surface area contributed by atoms with Crippen molar-refractivity contribution in [2.24, 2.45) is 0 Å². The first-order chi connectivity index (χ1) is 10.4. The Labute approximate surface area is 135 Å². The summed E-state index contributed by atoms with van der Waals surface area (Å²) < 4.78 is 22.3. The van der Waals surface area contributed by atoms with Gasteiger partial charge in [-0.3, -0.25) is 4.79 Å². The molecule has 0 radical (unpaired) electrons. The van der Waals surface area contributed by atoms with Gasteiger partial charge in [0, 0.05) is 23.2 Å². The third-order valence-electron chi connectivity index (χ3n) is 3.18. The monoisotopic (exact) mass is 337 g/mol. The van der Waals surface area contributed by atoms with Crippen LogP contribution in [0.15, 0.2) is 41.8 Å². The van der Waals surface area contributed by atoms with Crippen LogP contribution < -0.4 is 5.32 Å². The summed E-state index contributed by atoms with van der Waals surface area (Å²) in [4.78, 5) is 13.1. The molecule has 0 bridgehead atoms. The van der Waals surface area contributed by atoms with E-state index in [0.29, 0.717) is 12.8 Å². The number of nitrogens with one attached hydrogen (secondary N) is 1. The second-order valence-electron chi connectivity index (χ2n) is 5.20. The van der Waals surface area contributed by atoms with Crippen LogP contribution in [0.4, 0.5) is 5.69 Å². The molecule has 1 amide bonds. The Hall–Kier alpha value is -1.66. The molecular weight excluding hydrogens is 318 g/mol. The van der Waals surface area contributed by atoms with Gasteiger partial charge in [-0.2, -0.15) is 0 Å². The lowest BCUT2D eigenvalue weighted by Crippen LogP contribution is -2.12. The Morgan fingerprint density at radius 2 is 1.86 bits per heavy atom. The van der Waals surface area contributed by atoms with Gasteiger partial charge in [0.25, 0.3) is 0 Å². The van der Waals surface area contributed by atoms with Crippen LogP contribution in [-0.4, -0.2) is 26.3 Å². The fourth-order valence-electron chi connectivity index (χ4n) is 1.97. The molecule has 1 N–H and O–H groups in total. The predicted molar refractivity (Wildman–Crippen MR) is 91.1 cm³/mol. The molecule has 0 saturated heterocycles. The third-order valence-corrected chi connectivity index (χ3v) is 5.06. The molecule has 0 atom stereocenters. The second-order valence-corrected chi connectivity index (χ2v) is 8.50. The molecule has 2 rings (SSSR count). The third kappa shape index (κ3) is 5.99. The summed E-state index contributed by atoms with van der Waals surface area (Å²) in [7, 11) is -2.95. The number of carbonyl (C=O) groups excluding carboxylic acids is 1. The zero-order valence-corrected chi connectivity index (χ0v) is 14.0. The molecule has 0 unspecified atom stereocenters. The van der Waals surface area contributed by atoms with E-state index in [0.717, 1.165) is 17.7 Å². The molecule has 2 aromatic rings. The maximum absolute atomic E-state index is 11.9. The van der Waals surface area contributed by atoms with E-state index in [1.165, 1.54) is 11.1 Å². The van der Waals surface area contributed by atoms with Gasteiger partial charge in [0.05, 0.1) is 5.75 Å². The van der Waals surface area contributed by atoms with Gasteiger partial charge >= 0.3 is 0 Å². The lowest BCUT2D eigenvalue weighted by Gasteiger charge is -2.06. The van der Waals surface area contributed by atoms with Crippen molar-refractivity contribution in [2.75, 3.05) is 17.3 Å². The highest BCUT2D eigenvalue weighted by Gasteiger charge is 2.05. The zero-order chi connectivity index (χ0) is 16.0. The van der Waals surface area contributed by atoms with Crippen molar-refractivity contribution in [3.63, 3.8) is 0 Å². The Bertz CT molecular complexity index is 704. The lowest BCUT2D eigenvalue weighted by atomic mass is 10.1. The molecule has 4 nitrogen and oxygen atoms in total. The van der Waals surface area contributed by atoms with Gasteiger partial charge in [-0.15, -0.1) is 11.3 Å². The van der Waals surface area contributed by atoms with Crippen LogP contribution in [0.1, 0.15) is 16.9 Å². The van der Waals surface area contributed by atoms with Crippen molar-refractivity contribution in [1.82, 2.24) is 0 Å². The summed E-state index contributed by atoms with van der Waals surface area (Å²) in [5, 5.41) is 4.85. The normalized spacial score (nSPS) is 11.3. The molecule has 1 aromatic carbocycles. The van der Waals surface area contributed by atoms with Crippen molar-refractivity contribution in [3.05, 3.63) is 52.2 Å². The van der Waals surface area contributed by atoms with Crippen LogP contribution in [0, 0.1) is 0 Å². The fraction of sp³-hybridized carbons (Fsp3) is 0.312. The van der Waals surface area contributed by atoms with E-state index in [4.69, 9.17) is 0 Å². The van der Waals surface area contributed by atoms with Gasteiger partial charge in [0.15, 0.2) is 0 Å². The quantitative estimate of drug-likeness (QED) is 0.845. The Kier molecular flexibility index (Phi) is 5.74. The van der Waals surface area contributed by atoms with Crippen molar-refractivity contribution in [2.45, 2.75) is 19.3 Å². The summed E-state index contributed by atoms with van der Waals surface area (Å²) in [5.74, 6) is 0.122. The van der Waals surface area contributed by atoms with Gasteiger partial charge in [0.2, 0.25) is 5.91 Å². The number of sulfone groups is 1. The smallest absolute Gasteiger partial charge is 0.224 e. The van der Waals surface area contributed by atoms with Gasteiger partial charge in [-0.05, 0) is 42.0 Å². The lowest BCUT2D eigenvalue weighted by molar-refractivity contribution is -0.116. The first kappa shape index (κ1) is 16.7. The van der Waals surface area contributed by atoms with Gasteiger partial charge in [-0.1, -0.05) is 18.2 Å². The van der Waals surface area contributed by atoms with Crippen LogP contribution in [0.2, 0.25) is 0 Å². The minimum atomic E-state index is -2.95. The highest BCUT2D eigenvalue weighted by atomic mass is 32.2. The molecule has 0 aliphatic carbocycles. The average Bonchev–Trinajstić information content (AvgIpc) is 2.97. The summed E-state index contributed by atoms with van der Waals surface area (Å²) in [6.07, 6.45) is 2.92. The molecule has 6 heteroatoms. The maximum Gasteiger partial charge on any atom is 0.224 e. The van der Waals surface area contributed by atoms with E-state index in [1.54, 1.807) is 23.5 Å². The molecular formula is C16H19NO3S2. The maximum atomic E-state index is 11.9. The molecule has 0 saturated carbocycles.